The summed E-state index contributed by atoms with van der Waals surface area (Å²) in [4.78, 5) is 44.9. The van der Waals surface area contributed by atoms with Crippen LogP contribution in [0, 0.1) is 13.8 Å². The van der Waals surface area contributed by atoms with Crippen LogP contribution in [0.2, 0.25) is 0 Å². The zero-order chi connectivity index (χ0) is 25.3. The molecule has 10 heteroatoms. The van der Waals surface area contributed by atoms with E-state index >= 15 is 0 Å². The zero-order valence-electron chi connectivity index (χ0n) is 19.7. The molecule has 3 heterocycles. The highest BCUT2D eigenvalue weighted by Gasteiger charge is 2.46. The van der Waals surface area contributed by atoms with Crippen LogP contribution in [0.15, 0.2) is 52.1 Å². The monoisotopic (exact) mass is 496 g/mol. The number of aliphatic hydroxyl groups is 1. The van der Waals surface area contributed by atoms with E-state index < -0.39 is 29.5 Å². The van der Waals surface area contributed by atoms with Gasteiger partial charge >= 0.3 is 5.97 Å². The lowest BCUT2D eigenvalue weighted by Crippen LogP contribution is -2.31. The number of nitrogens with zero attached hydrogens (tertiary/aromatic N) is 2. The second kappa shape index (κ2) is 9.75. The number of benzene rings is 1. The summed E-state index contributed by atoms with van der Waals surface area (Å²) in [7, 11) is 0. The molecule has 1 aliphatic heterocycles. The van der Waals surface area contributed by atoms with Gasteiger partial charge in [0.25, 0.3) is 5.91 Å². The molecule has 35 heavy (non-hydrogen) atoms. The van der Waals surface area contributed by atoms with Gasteiger partial charge in [0.05, 0.1) is 30.5 Å². The molecule has 1 aliphatic rings. The number of hydrogen-bond donors (Lipinski definition) is 1. The van der Waals surface area contributed by atoms with Gasteiger partial charge in [-0.1, -0.05) is 23.5 Å². The minimum atomic E-state index is -1.00. The maximum absolute atomic E-state index is 13.4. The van der Waals surface area contributed by atoms with Crippen molar-refractivity contribution >= 4 is 34.1 Å². The fourth-order valence-corrected chi connectivity index (χ4v) is 4.81. The summed E-state index contributed by atoms with van der Waals surface area (Å²) in [6.45, 7) is 7.54. The lowest BCUT2D eigenvalue weighted by Gasteiger charge is -2.24. The second-order valence-corrected chi connectivity index (χ2v) is 8.69. The molecule has 1 aromatic carbocycles. The number of aryl methyl sites for hydroxylation is 2. The molecule has 4 rings (SSSR count). The Hall–Kier alpha value is -3.92. The summed E-state index contributed by atoms with van der Waals surface area (Å²) < 4.78 is 16.1. The minimum Gasteiger partial charge on any atom is -0.503 e. The number of amides is 1. The van der Waals surface area contributed by atoms with Gasteiger partial charge in [-0.15, -0.1) is 0 Å². The number of carbonyl (C=O) groups is 3. The molecule has 2 aromatic heterocycles. The Balaban J connectivity index is 1.83. The van der Waals surface area contributed by atoms with E-state index in [9.17, 15) is 19.5 Å². The summed E-state index contributed by atoms with van der Waals surface area (Å²) in [6, 6.07) is 8.97. The molecule has 1 atom stereocenters. The van der Waals surface area contributed by atoms with Crippen LogP contribution in [0.5, 0.6) is 5.75 Å². The van der Waals surface area contributed by atoms with Crippen LogP contribution in [0.25, 0.3) is 0 Å². The predicted octanol–water partition coefficient (Wildman–Crippen LogP) is 4.71. The third-order valence-corrected chi connectivity index (χ3v) is 6.51. The lowest BCUT2D eigenvalue weighted by molar-refractivity contribution is -0.117. The highest BCUT2D eigenvalue weighted by molar-refractivity contribution is 7.17. The number of aliphatic hydroxyl groups excluding tert-OH is 1. The molecule has 9 nitrogen and oxygen atoms in total. The minimum absolute atomic E-state index is 0.00262. The first-order valence-electron chi connectivity index (χ1n) is 11.0. The Morgan fingerprint density at radius 1 is 1.11 bits per heavy atom. The number of thiazole rings is 1. The first-order valence-corrected chi connectivity index (χ1v) is 11.8. The maximum atomic E-state index is 13.4. The Labute approximate surface area is 205 Å². The number of rotatable bonds is 8. The van der Waals surface area contributed by atoms with Gasteiger partial charge in [0.15, 0.2) is 16.7 Å². The van der Waals surface area contributed by atoms with Crippen molar-refractivity contribution < 1.29 is 33.4 Å². The fourth-order valence-electron chi connectivity index (χ4n) is 3.82. The average molecular weight is 497 g/mol. The molecule has 0 aliphatic carbocycles. The van der Waals surface area contributed by atoms with Crippen molar-refractivity contribution in [1.82, 2.24) is 4.98 Å². The van der Waals surface area contributed by atoms with E-state index in [4.69, 9.17) is 13.9 Å². The van der Waals surface area contributed by atoms with Gasteiger partial charge in [-0.05, 0) is 57.5 Å². The summed E-state index contributed by atoms with van der Waals surface area (Å²) >= 11 is 0.956. The second-order valence-electron chi connectivity index (χ2n) is 7.71. The number of hydrogen-bond acceptors (Lipinski definition) is 9. The summed E-state index contributed by atoms with van der Waals surface area (Å²) in [5, 5.41) is 11.0. The highest BCUT2D eigenvalue weighted by Crippen LogP contribution is 2.44. The number of Topliss-reactive ketones (excluding diaryl/α,β-unsaturated/α-hetero) is 1. The molecule has 1 amide bonds. The Morgan fingerprint density at radius 2 is 1.83 bits per heavy atom. The number of furan rings is 1. The van der Waals surface area contributed by atoms with E-state index in [1.165, 1.54) is 11.0 Å². The van der Waals surface area contributed by atoms with Crippen molar-refractivity contribution in [2.45, 2.75) is 33.7 Å². The van der Waals surface area contributed by atoms with E-state index in [1.807, 2.05) is 6.92 Å². The van der Waals surface area contributed by atoms with Crippen LogP contribution in [-0.2, 0) is 9.53 Å². The van der Waals surface area contributed by atoms with Gasteiger partial charge in [0.1, 0.15) is 16.4 Å². The quantitative estimate of drug-likeness (QED) is 0.352. The molecule has 1 N–H and O–H groups in total. The van der Waals surface area contributed by atoms with Crippen molar-refractivity contribution in [3.05, 3.63) is 75.4 Å². The van der Waals surface area contributed by atoms with Crippen LogP contribution in [0.4, 0.5) is 5.13 Å². The number of ketones is 1. The number of aromatic nitrogens is 1. The molecule has 0 saturated heterocycles. The normalized spacial score (nSPS) is 15.6. The van der Waals surface area contributed by atoms with Crippen LogP contribution >= 0.6 is 11.3 Å². The molecule has 0 saturated carbocycles. The highest BCUT2D eigenvalue weighted by atomic mass is 32.1. The predicted molar refractivity (Wildman–Crippen MR) is 128 cm³/mol. The Kier molecular flexibility index (Phi) is 6.74. The molecular weight excluding hydrogens is 472 g/mol. The Morgan fingerprint density at radius 3 is 2.43 bits per heavy atom. The van der Waals surface area contributed by atoms with Crippen LogP contribution in [-0.4, -0.2) is 41.0 Å². The van der Waals surface area contributed by atoms with E-state index in [2.05, 4.69) is 4.98 Å². The third-order valence-electron chi connectivity index (χ3n) is 5.38. The lowest BCUT2D eigenvalue weighted by atomic mass is 9.95. The summed E-state index contributed by atoms with van der Waals surface area (Å²) in [5.41, 5.74) is 0.782. The van der Waals surface area contributed by atoms with Crippen molar-refractivity contribution in [3.8, 4) is 5.75 Å². The molecule has 0 spiro atoms. The SMILES string of the molecule is CCOC(=O)c1sc(N2C(=O)C(O)=C(C(=O)c3ccc(C)o3)[C@@H]2c2ccc(OCC)cc2)nc1C. The summed E-state index contributed by atoms with van der Waals surface area (Å²) in [6.07, 6.45) is 0. The zero-order valence-corrected chi connectivity index (χ0v) is 20.5. The van der Waals surface area contributed by atoms with Crippen molar-refractivity contribution in [1.29, 1.82) is 0 Å². The van der Waals surface area contributed by atoms with Gasteiger partial charge in [0, 0.05) is 0 Å². The largest absolute Gasteiger partial charge is 0.503 e. The van der Waals surface area contributed by atoms with Gasteiger partial charge in [-0.25, -0.2) is 9.78 Å². The number of anilines is 1. The molecule has 0 bridgehead atoms. The smallest absolute Gasteiger partial charge is 0.350 e. The van der Waals surface area contributed by atoms with Crippen molar-refractivity contribution in [2.24, 2.45) is 0 Å². The first kappa shape index (κ1) is 24.2. The van der Waals surface area contributed by atoms with E-state index in [-0.39, 0.29) is 27.9 Å². The maximum Gasteiger partial charge on any atom is 0.350 e. The van der Waals surface area contributed by atoms with Gasteiger partial charge in [-0.2, -0.15) is 0 Å². The van der Waals surface area contributed by atoms with Crippen LogP contribution in [0.1, 0.15) is 57.1 Å². The van der Waals surface area contributed by atoms with E-state index in [0.717, 1.165) is 11.3 Å². The van der Waals surface area contributed by atoms with E-state index in [0.29, 0.717) is 29.4 Å². The molecule has 0 radical (unpaired) electrons. The van der Waals surface area contributed by atoms with Gasteiger partial charge in [-0.3, -0.25) is 14.5 Å². The molecular formula is C25H24N2O7S. The number of ether oxygens (including phenoxy) is 2. The molecule has 182 valence electrons. The number of carbonyl (C=O) groups excluding carboxylic acids is 3. The molecule has 0 unspecified atom stereocenters. The van der Waals surface area contributed by atoms with Crippen LogP contribution < -0.4 is 9.64 Å². The van der Waals surface area contributed by atoms with Crippen LogP contribution in [0.3, 0.4) is 0 Å². The number of esters is 1. The average Bonchev–Trinajstić information content (AvgIpc) is 3.51. The van der Waals surface area contributed by atoms with Crippen molar-refractivity contribution in [3.63, 3.8) is 0 Å². The molecule has 3 aromatic rings. The standard InChI is InChI=1S/C25H24N2O7S/c1-5-32-16-10-8-15(9-11-16)19-18(20(28)17-12-7-13(3)34-17)21(29)23(30)27(19)25-26-14(4)22(35-25)24(31)33-6-2/h7-12,19,29H,5-6H2,1-4H3/t19-/m0/s1. The third kappa shape index (κ3) is 4.44. The first-order chi connectivity index (χ1) is 16.8. The summed E-state index contributed by atoms with van der Waals surface area (Å²) in [5.74, 6) is -1.56. The fraction of sp³-hybridized carbons (Fsp3) is 0.280. The van der Waals surface area contributed by atoms with Gasteiger partial charge in [0.2, 0.25) is 5.78 Å². The Bertz CT molecular complexity index is 1320. The topological polar surface area (TPSA) is 119 Å². The molecule has 0 fully saturated rings. The van der Waals surface area contributed by atoms with Crippen molar-refractivity contribution in [2.75, 3.05) is 18.1 Å². The van der Waals surface area contributed by atoms with Gasteiger partial charge < -0.3 is 19.0 Å². The van der Waals surface area contributed by atoms with E-state index in [1.54, 1.807) is 51.1 Å².